The van der Waals surface area contributed by atoms with Gasteiger partial charge in [0.15, 0.2) is 0 Å². The summed E-state index contributed by atoms with van der Waals surface area (Å²) >= 11 is 6.08. The van der Waals surface area contributed by atoms with Crippen molar-refractivity contribution in [2.45, 2.75) is 25.1 Å². The van der Waals surface area contributed by atoms with Crippen molar-refractivity contribution >= 4 is 23.2 Å². The molecule has 0 radical (unpaired) electrons. The van der Waals surface area contributed by atoms with E-state index < -0.39 is 0 Å². The number of pyridine rings is 1. The molecule has 28 heavy (non-hydrogen) atoms. The molecule has 0 aliphatic carbocycles. The smallest absolute Gasteiger partial charge is 0.255 e. The highest BCUT2D eigenvalue weighted by molar-refractivity contribution is 6.33. The minimum Gasteiger partial charge on any atom is -0.496 e. The standard InChI is InChI=1S/C20H25ClN4O3/c1-27-18-10-16(22)15(21)9-14(18)20(26)24-17-6-8-25(12-19(17)28-2)11-13-5-3-4-7-23-13/h3-5,7,9-10,17,19H,6,8,11-12,22H2,1-2H3,(H,24,26)/t17-,19+/m0/s1. The maximum atomic E-state index is 12.8. The fourth-order valence-electron chi connectivity index (χ4n) is 3.41. The Morgan fingerprint density at radius 2 is 2.21 bits per heavy atom. The van der Waals surface area contributed by atoms with E-state index in [1.54, 1.807) is 19.4 Å². The average molecular weight is 405 g/mol. The van der Waals surface area contributed by atoms with E-state index >= 15 is 0 Å². The van der Waals surface area contributed by atoms with Gasteiger partial charge in [-0.3, -0.25) is 14.7 Å². The number of likely N-dealkylation sites (tertiary alicyclic amines) is 1. The number of nitrogen functional groups attached to an aromatic ring is 1. The SMILES string of the molecule is COc1cc(N)c(Cl)cc1C(=O)N[C@H]1CCN(Cc2ccccn2)C[C@H]1OC. The van der Waals surface area contributed by atoms with Crippen LogP contribution in [-0.2, 0) is 11.3 Å². The average Bonchev–Trinajstić information content (AvgIpc) is 2.71. The third kappa shape index (κ3) is 4.73. The number of carbonyl (C=O) groups excluding carboxylic acids is 1. The zero-order valence-electron chi connectivity index (χ0n) is 16.0. The molecule has 150 valence electrons. The molecule has 1 amide bonds. The first-order chi connectivity index (χ1) is 13.5. The number of hydrogen-bond donors (Lipinski definition) is 2. The van der Waals surface area contributed by atoms with E-state index in [0.717, 1.165) is 25.2 Å². The number of carbonyl (C=O) groups is 1. The molecule has 0 unspecified atom stereocenters. The van der Waals surface area contributed by atoms with Gasteiger partial charge in [0.1, 0.15) is 5.75 Å². The number of nitrogens with one attached hydrogen (secondary N) is 1. The second-order valence-corrected chi connectivity index (χ2v) is 7.18. The van der Waals surface area contributed by atoms with Crippen LogP contribution in [0.5, 0.6) is 5.75 Å². The van der Waals surface area contributed by atoms with Gasteiger partial charge in [-0.15, -0.1) is 0 Å². The van der Waals surface area contributed by atoms with Crippen molar-refractivity contribution < 1.29 is 14.3 Å². The number of aromatic nitrogens is 1. The van der Waals surface area contributed by atoms with Crippen molar-refractivity contribution in [3.05, 3.63) is 52.8 Å². The van der Waals surface area contributed by atoms with Crippen molar-refractivity contribution in [3.8, 4) is 5.75 Å². The van der Waals surface area contributed by atoms with E-state index in [4.69, 9.17) is 26.8 Å². The Morgan fingerprint density at radius 1 is 1.39 bits per heavy atom. The third-order valence-corrected chi connectivity index (χ3v) is 5.27. The summed E-state index contributed by atoms with van der Waals surface area (Å²) in [5.41, 5.74) is 7.53. The number of nitrogens with zero attached hydrogens (tertiary/aromatic N) is 2. The molecule has 2 atom stereocenters. The fourth-order valence-corrected chi connectivity index (χ4v) is 3.57. The highest BCUT2D eigenvalue weighted by Gasteiger charge is 2.31. The van der Waals surface area contributed by atoms with Crippen LogP contribution in [0, 0.1) is 0 Å². The van der Waals surface area contributed by atoms with Crippen LogP contribution < -0.4 is 15.8 Å². The van der Waals surface area contributed by atoms with Crippen LogP contribution in [-0.4, -0.2) is 55.2 Å². The molecule has 1 saturated heterocycles. The van der Waals surface area contributed by atoms with E-state index in [-0.39, 0.29) is 18.1 Å². The molecule has 1 aliphatic heterocycles. The molecular weight excluding hydrogens is 380 g/mol. The summed E-state index contributed by atoms with van der Waals surface area (Å²) in [6.07, 6.45) is 2.43. The molecule has 0 saturated carbocycles. The maximum absolute atomic E-state index is 12.8. The summed E-state index contributed by atoms with van der Waals surface area (Å²) in [6.45, 7) is 2.29. The molecule has 7 nitrogen and oxygen atoms in total. The Balaban J connectivity index is 1.66. The summed E-state index contributed by atoms with van der Waals surface area (Å²) in [6, 6.07) is 8.87. The molecular formula is C20H25ClN4O3. The molecule has 8 heteroatoms. The molecule has 1 aliphatic rings. The Morgan fingerprint density at radius 3 is 2.89 bits per heavy atom. The van der Waals surface area contributed by atoms with Crippen molar-refractivity contribution in [1.29, 1.82) is 0 Å². The van der Waals surface area contributed by atoms with Crippen LogP contribution in [0.15, 0.2) is 36.5 Å². The summed E-state index contributed by atoms with van der Waals surface area (Å²) in [5, 5.41) is 3.38. The number of ether oxygens (including phenoxy) is 2. The van der Waals surface area contributed by atoms with Crippen LogP contribution in [0.3, 0.4) is 0 Å². The first-order valence-corrected chi connectivity index (χ1v) is 9.48. The van der Waals surface area contributed by atoms with Gasteiger partial charge in [0.25, 0.3) is 5.91 Å². The van der Waals surface area contributed by atoms with E-state index in [2.05, 4.69) is 15.2 Å². The van der Waals surface area contributed by atoms with Gasteiger partial charge in [0.05, 0.1) is 41.2 Å². The third-order valence-electron chi connectivity index (χ3n) is 4.94. The lowest BCUT2D eigenvalue weighted by Crippen LogP contribution is -2.54. The molecule has 0 spiro atoms. The number of piperidine rings is 1. The molecule has 0 bridgehead atoms. The predicted molar refractivity (Wildman–Crippen MR) is 109 cm³/mol. The number of amides is 1. The lowest BCUT2D eigenvalue weighted by atomic mass is 10.0. The minimum absolute atomic E-state index is 0.112. The zero-order valence-corrected chi connectivity index (χ0v) is 16.8. The Hall–Kier alpha value is -2.35. The number of nitrogens with two attached hydrogens (primary N) is 1. The monoisotopic (exact) mass is 404 g/mol. The minimum atomic E-state index is -0.260. The highest BCUT2D eigenvalue weighted by atomic mass is 35.5. The summed E-state index contributed by atoms with van der Waals surface area (Å²) < 4.78 is 10.9. The van der Waals surface area contributed by atoms with Crippen LogP contribution in [0.1, 0.15) is 22.5 Å². The Bertz CT molecular complexity index is 819. The lowest BCUT2D eigenvalue weighted by Gasteiger charge is -2.38. The van der Waals surface area contributed by atoms with Gasteiger partial charge < -0.3 is 20.5 Å². The van der Waals surface area contributed by atoms with Crippen molar-refractivity contribution in [2.75, 3.05) is 33.0 Å². The number of benzene rings is 1. The van der Waals surface area contributed by atoms with Gasteiger partial charge in [0.2, 0.25) is 0 Å². The predicted octanol–water partition coefficient (Wildman–Crippen LogP) is 2.35. The first kappa shape index (κ1) is 20.4. The zero-order chi connectivity index (χ0) is 20.1. The van der Waals surface area contributed by atoms with Crippen molar-refractivity contribution in [1.82, 2.24) is 15.2 Å². The second kappa shape index (κ2) is 9.23. The van der Waals surface area contributed by atoms with E-state index in [9.17, 15) is 4.79 Å². The largest absolute Gasteiger partial charge is 0.496 e. The molecule has 1 aromatic heterocycles. The van der Waals surface area contributed by atoms with E-state index in [0.29, 0.717) is 28.6 Å². The normalized spacial score (nSPS) is 20.0. The number of hydrogen-bond acceptors (Lipinski definition) is 6. The fraction of sp³-hybridized carbons (Fsp3) is 0.400. The molecule has 3 N–H and O–H groups in total. The van der Waals surface area contributed by atoms with Crippen LogP contribution in [0.4, 0.5) is 5.69 Å². The molecule has 2 aromatic rings. The van der Waals surface area contributed by atoms with Gasteiger partial charge in [-0.1, -0.05) is 17.7 Å². The summed E-state index contributed by atoms with van der Waals surface area (Å²) in [4.78, 5) is 19.5. The van der Waals surface area contributed by atoms with E-state index in [1.165, 1.54) is 13.2 Å². The van der Waals surface area contributed by atoms with E-state index in [1.807, 2.05) is 18.2 Å². The lowest BCUT2D eigenvalue weighted by molar-refractivity contribution is 0.00353. The highest BCUT2D eigenvalue weighted by Crippen LogP contribution is 2.29. The van der Waals surface area contributed by atoms with Crippen LogP contribution in [0.25, 0.3) is 0 Å². The topological polar surface area (TPSA) is 89.7 Å². The molecule has 3 rings (SSSR count). The Kier molecular flexibility index (Phi) is 6.72. The number of rotatable bonds is 6. The van der Waals surface area contributed by atoms with Crippen molar-refractivity contribution in [3.63, 3.8) is 0 Å². The first-order valence-electron chi connectivity index (χ1n) is 9.10. The molecule has 2 heterocycles. The second-order valence-electron chi connectivity index (χ2n) is 6.77. The summed E-state index contributed by atoms with van der Waals surface area (Å²) in [7, 11) is 3.16. The van der Waals surface area contributed by atoms with Gasteiger partial charge in [-0.2, -0.15) is 0 Å². The van der Waals surface area contributed by atoms with Crippen molar-refractivity contribution in [2.24, 2.45) is 0 Å². The quantitative estimate of drug-likeness (QED) is 0.718. The number of halogens is 1. The number of methoxy groups -OCH3 is 2. The Labute approximate surface area is 169 Å². The van der Waals surface area contributed by atoms with Gasteiger partial charge >= 0.3 is 0 Å². The molecule has 1 fully saturated rings. The summed E-state index contributed by atoms with van der Waals surface area (Å²) in [5.74, 6) is 0.130. The van der Waals surface area contributed by atoms with Gasteiger partial charge in [-0.05, 0) is 24.6 Å². The van der Waals surface area contributed by atoms with Gasteiger partial charge in [-0.25, -0.2) is 0 Å². The maximum Gasteiger partial charge on any atom is 0.255 e. The van der Waals surface area contributed by atoms with Crippen LogP contribution >= 0.6 is 11.6 Å². The van der Waals surface area contributed by atoms with Crippen LogP contribution in [0.2, 0.25) is 5.02 Å². The van der Waals surface area contributed by atoms with Gasteiger partial charge in [0, 0.05) is 39.0 Å². The number of anilines is 1. The molecule has 1 aromatic carbocycles.